The number of ether oxygens (including phenoxy) is 1. The van der Waals surface area contributed by atoms with Crippen LogP contribution < -0.4 is 4.74 Å². The van der Waals surface area contributed by atoms with Crippen LogP contribution >= 0.6 is 11.8 Å². The number of fused-ring (bicyclic) bond motifs is 1. The SMILES string of the molecule is CCSc1nnc(-c2[nH]c3ccc(OC)cc3c2-c2ccccc2)n1-c1ccccc1. The summed E-state index contributed by atoms with van der Waals surface area (Å²) in [7, 11) is 1.69. The molecular formula is C25H22N4OS. The number of benzene rings is 3. The topological polar surface area (TPSA) is 55.7 Å². The highest BCUT2D eigenvalue weighted by Gasteiger charge is 2.23. The lowest BCUT2D eigenvalue weighted by molar-refractivity contribution is 0.415. The molecule has 0 saturated heterocycles. The highest BCUT2D eigenvalue weighted by Crippen LogP contribution is 2.40. The zero-order valence-corrected chi connectivity index (χ0v) is 18.2. The van der Waals surface area contributed by atoms with Gasteiger partial charge in [0.2, 0.25) is 0 Å². The lowest BCUT2D eigenvalue weighted by Gasteiger charge is -2.11. The zero-order chi connectivity index (χ0) is 21.2. The molecule has 0 radical (unpaired) electrons. The molecule has 2 heterocycles. The van der Waals surface area contributed by atoms with E-state index in [0.717, 1.165) is 55.9 Å². The average Bonchev–Trinajstić information content (AvgIpc) is 3.41. The number of aromatic amines is 1. The largest absolute Gasteiger partial charge is 0.497 e. The summed E-state index contributed by atoms with van der Waals surface area (Å²) in [5.74, 6) is 2.53. The van der Waals surface area contributed by atoms with Gasteiger partial charge < -0.3 is 9.72 Å². The van der Waals surface area contributed by atoms with Crippen LogP contribution in [0.4, 0.5) is 0 Å². The van der Waals surface area contributed by atoms with Crippen LogP contribution in [-0.2, 0) is 0 Å². The van der Waals surface area contributed by atoms with Gasteiger partial charge in [-0.1, -0.05) is 67.2 Å². The fourth-order valence-electron chi connectivity index (χ4n) is 3.83. The molecule has 0 aliphatic carbocycles. The fourth-order valence-corrected chi connectivity index (χ4v) is 4.51. The second-order valence-electron chi connectivity index (χ2n) is 7.06. The van der Waals surface area contributed by atoms with Crippen molar-refractivity contribution in [2.45, 2.75) is 12.1 Å². The third kappa shape index (κ3) is 3.49. The standard InChI is InChI=1S/C25H22N4OS/c1-3-31-25-28-27-24(29(25)18-12-8-5-9-13-18)23-22(17-10-6-4-7-11-17)20-16-19(30-2)14-15-21(20)26-23/h4-16,26H,3H2,1-2H3. The number of H-pyrrole nitrogens is 1. The van der Waals surface area contributed by atoms with Crippen LogP contribution in [0.1, 0.15) is 6.92 Å². The van der Waals surface area contributed by atoms with Gasteiger partial charge in [0.05, 0.1) is 12.8 Å². The minimum atomic E-state index is 0.788. The molecule has 0 fully saturated rings. The van der Waals surface area contributed by atoms with Gasteiger partial charge in [0.1, 0.15) is 5.75 Å². The number of nitrogens with one attached hydrogen (secondary N) is 1. The molecule has 0 aliphatic heterocycles. The van der Waals surface area contributed by atoms with Gasteiger partial charge in [-0.15, -0.1) is 10.2 Å². The monoisotopic (exact) mass is 426 g/mol. The van der Waals surface area contributed by atoms with Crippen molar-refractivity contribution in [3.05, 3.63) is 78.9 Å². The summed E-state index contributed by atoms with van der Waals surface area (Å²) >= 11 is 1.68. The van der Waals surface area contributed by atoms with Crippen LogP contribution in [0.25, 0.3) is 39.2 Å². The van der Waals surface area contributed by atoms with E-state index >= 15 is 0 Å². The lowest BCUT2D eigenvalue weighted by Crippen LogP contribution is -2.00. The molecule has 0 saturated carbocycles. The third-order valence-electron chi connectivity index (χ3n) is 5.21. The number of nitrogens with zero attached hydrogens (tertiary/aromatic N) is 3. The van der Waals surface area contributed by atoms with Gasteiger partial charge in [-0.2, -0.15) is 0 Å². The predicted molar refractivity (Wildman–Crippen MR) is 127 cm³/mol. The second-order valence-corrected chi connectivity index (χ2v) is 8.29. The Hall–Kier alpha value is -3.51. The summed E-state index contributed by atoms with van der Waals surface area (Å²) < 4.78 is 7.63. The first-order valence-electron chi connectivity index (χ1n) is 10.2. The van der Waals surface area contributed by atoms with Crippen molar-refractivity contribution in [3.63, 3.8) is 0 Å². The fraction of sp³-hybridized carbons (Fsp3) is 0.120. The van der Waals surface area contributed by atoms with Gasteiger partial charge in [-0.25, -0.2) is 0 Å². The van der Waals surface area contributed by atoms with E-state index in [1.807, 2.05) is 30.3 Å². The molecule has 5 aromatic rings. The van der Waals surface area contributed by atoms with Crippen LogP contribution in [0, 0.1) is 0 Å². The Morgan fingerprint density at radius 2 is 1.68 bits per heavy atom. The molecule has 5 rings (SSSR count). The molecule has 2 aromatic heterocycles. The number of para-hydroxylation sites is 1. The van der Waals surface area contributed by atoms with Crippen molar-refractivity contribution in [2.75, 3.05) is 12.9 Å². The van der Waals surface area contributed by atoms with Crippen molar-refractivity contribution < 1.29 is 4.74 Å². The van der Waals surface area contributed by atoms with Gasteiger partial charge in [0.25, 0.3) is 0 Å². The van der Waals surface area contributed by atoms with Crippen LogP contribution in [0.5, 0.6) is 5.75 Å². The Bertz CT molecular complexity index is 1330. The van der Waals surface area contributed by atoms with Crippen molar-refractivity contribution in [1.82, 2.24) is 19.7 Å². The van der Waals surface area contributed by atoms with E-state index in [2.05, 4.69) is 75.2 Å². The summed E-state index contributed by atoms with van der Waals surface area (Å²) in [6, 6.07) is 26.7. The molecule has 6 heteroatoms. The quantitative estimate of drug-likeness (QED) is 0.328. The summed E-state index contributed by atoms with van der Waals surface area (Å²) in [6.45, 7) is 2.12. The Labute approximate surface area is 185 Å². The van der Waals surface area contributed by atoms with Gasteiger partial charge in [-0.05, 0) is 41.6 Å². The smallest absolute Gasteiger partial charge is 0.196 e. The second kappa shape index (κ2) is 8.32. The van der Waals surface area contributed by atoms with E-state index in [9.17, 15) is 0 Å². The van der Waals surface area contributed by atoms with E-state index in [-0.39, 0.29) is 0 Å². The van der Waals surface area contributed by atoms with Gasteiger partial charge >= 0.3 is 0 Å². The molecule has 0 unspecified atom stereocenters. The normalized spacial score (nSPS) is 11.2. The van der Waals surface area contributed by atoms with Crippen LogP contribution in [0.2, 0.25) is 0 Å². The highest BCUT2D eigenvalue weighted by molar-refractivity contribution is 7.99. The number of rotatable bonds is 6. The minimum Gasteiger partial charge on any atom is -0.497 e. The molecule has 5 nitrogen and oxygen atoms in total. The first kappa shape index (κ1) is 19.5. The van der Waals surface area contributed by atoms with Crippen LogP contribution in [0.15, 0.2) is 84.0 Å². The molecule has 31 heavy (non-hydrogen) atoms. The van der Waals surface area contributed by atoms with Crippen LogP contribution in [0.3, 0.4) is 0 Å². The molecule has 0 atom stereocenters. The first-order valence-corrected chi connectivity index (χ1v) is 11.2. The highest BCUT2D eigenvalue weighted by atomic mass is 32.2. The van der Waals surface area contributed by atoms with Gasteiger partial charge in [-0.3, -0.25) is 4.57 Å². The van der Waals surface area contributed by atoms with Gasteiger partial charge in [0.15, 0.2) is 11.0 Å². The summed E-state index contributed by atoms with van der Waals surface area (Å²) in [4.78, 5) is 3.61. The average molecular weight is 427 g/mol. The number of hydrogen-bond acceptors (Lipinski definition) is 4. The van der Waals surface area contributed by atoms with Crippen molar-refractivity contribution in [1.29, 1.82) is 0 Å². The molecule has 0 aliphatic rings. The van der Waals surface area contributed by atoms with E-state index in [1.165, 1.54) is 0 Å². The maximum absolute atomic E-state index is 5.51. The van der Waals surface area contributed by atoms with E-state index < -0.39 is 0 Å². The van der Waals surface area contributed by atoms with E-state index in [0.29, 0.717) is 0 Å². The Balaban J connectivity index is 1.82. The van der Waals surface area contributed by atoms with Gasteiger partial charge in [0, 0.05) is 22.2 Å². The van der Waals surface area contributed by atoms with Crippen molar-refractivity contribution in [2.24, 2.45) is 0 Å². The summed E-state index contributed by atoms with van der Waals surface area (Å²) in [6.07, 6.45) is 0. The predicted octanol–water partition coefficient (Wildman–Crippen LogP) is 6.20. The third-order valence-corrected chi connectivity index (χ3v) is 6.02. The number of methoxy groups -OCH3 is 1. The van der Waals surface area contributed by atoms with E-state index in [1.54, 1.807) is 18.9 Å². The molecule has 3 aromatic carbocycles. The van der Waals surface area contributed by atoms with Crippen LogP contribution in [-0.4, -0.2) is 32.6 Å². The van der Waals surface area contributed by atoms with E-state index in [4.69, 9.17) is 4.74 Å². The number of thioether (sulfide) groups is 1. The summed E-state index contributed by atoms with van der Waals surface area (Å²) in [5.41, 5.74) is 5.21. The van der Waals surface area contributed by atoms with Crippen molar-refractivity contribution in [3.8, 4) is 34.1 Å². The maximum Gasteiger partial charge on any atom is 0.196 e. The molecule has 154 valence electrons. The molecule has 0 bridgehead atoms. The Morgan fingerprint density at radius 3 is 2.39 bits per heavy atom. The molecule has 0 amide bonds. The van der Waals surface area contributed by atoms with Crippen molar-refractivity contribution >= 4 is 22.7 Å². The zero-order valence-electron chi connectivity index (χ0n) is 17.4. The Morgan fingerprint density at radius 1 is 0.935 bits per heavy atom. The lowest BCUT2D eigenvalue weighted by atomic mass is 10.0. The molecular weight excluding hydrogens is 404 g/mol. The summed E-state index contributed by atoms with van der Waals surface area (Å²) in [5, 5.41) is 11.1. The Kier molecular flexibility index (Phi) is 5.22. The number of aromatic nitrogens is 4. The maximum atomic E-state index is 5.51. The molecule has 1 N–H and O–H groups in total. The first-order chi connectivity index (χ1) is 15.3. The minimum absolute atomic E-state index is 0.788. The number of hydrogen-bond donors (Lipinski definition) is 1. The molecule has 0 spiro atoms.